The van der Waals surface area contributed by atoms with Gasteiger partial charge in [0, 0.05) is 12.1 Å². The molecule has 0 amide bonds. The number of ether oxygens (including phenoxy) is 4. The predicted molar refractivity (Wildman–Crippen MR) is 92.4 cm³/mol. The van der Waals surface area contributed by atoms with Crippen molar-refractivity contribution >= 4 is 5.97 Å². The Hall–Kier alpha value is -2.73. The number of methoxy groups -OCH3 is 3. The van der Waals surface area contributed by atoms with E-state index in [2.05, 4.69) is 5.32 Å². The fraction of sp³-hybridized carbons (Fsp3) is 0.316. The monoisotopic (exact) mass is 343 g/mol. The molecule has 0 saturated carbocycles. The highest BCUT2D eigenvalue weighted by Gasteiger charge is 2.35. The molecule has 0 bridgehead atoms. The van der Waals surface area contributed by atoms with Crippen LogP contribution in [0.2, 0.25) is 0 Å². The van der Waals surface area contributed by atoms with Crippen molar-refractivity contribution in [3.8, 4) is 17.2 Å². The lowest BCUT2D eigenvalue weighted by molar-refractivity contribution is 0.0309. The van der Waals surface area contributed by atoms with Crippen LogP contribution in [-0.4, -0.2) is 33.8 Å². The van der Waals surface area contributed by atoms with E-state index in [9.17, 15) is 4.79 Å². The van der Waals surface area contributed by atoms with Gasteiger partial charge in [-0.1, -0.05) is 12.1 Å². The van der Waals surface area contributed by atoms with Crippen molar-refractivity contribution in [2.24, 2.45) is 0 Å². The van der Waals surface area contributed by atoms with Crippen LogP contribution in [0.15, 0.2) is 36.4 Å². The summed E-state index contributed by atoms with van der Waals surface area (Å²) in [6.45, 7) is 0.665. The molecule has 0 fully saturated rings. The molecule has 1 aliphatic heterocycles. The molecule has 6 heteroatoms. The minimum atomic E-state index is -0.486. The Balaban J connectivity index is 1.68. The molecule has 2 aromatic carbocycles. The molecule has 0 radical (unpaired) electrons. The van der Waals surface area contributed by atoms with Gasteiger partial charge < -0.3 is 18.9 Å². The van der Waals surface area contributed by atoms with E-state index in [1.165, 1.54) is 19.8 Å². The van der Waals surface area contributed by atoms with Gasteiger partial charge >= 0.3 is 5.97 Å². The molecule has 6 nitrogen and oxygen atoms in total. The Morgan fingerprint density at radius 3 is 2.40 bits per heavy atom. The molecule has 0 spiro atoms. The number of carbonyl (C=O) groups is 1. The third kappa shape index (κ3) is 3.39. The zero-order chi connectivity index (χ0) is 17.8. The number of cyclic esters (lactones) is 1. The summed E-state index contributed by atoms with van der Waals surface area (Å²) in [5.41, 5.74) is 2.35. The van der Waals surface area contributed by atoms with Crippen molar-refractivity contribution < 1.29 is 23.7 Å². The van der Waals surface area contributed by atoms with Crippen LogP contribution in [0.1, 0.15) is 27.7 Å². The van der Waals surface area contributed by atoms with E-state index in [-0.39, 0.29) is 0 Å². The summed E-state index contributed by atoms with van der Waals surface area (Å²) in [6, 6.07) is 11.5. The molecule has 1 N–H and O–H groups in total. The largest absolute Gasteiger partial charge is 0.497 e. The molecule has 0 aromatic heterocycles. The Labute approximate surface area is 146 Å². The van der Waals surface area contributed by atoms with Crippen molar-refractivity contribution in [1.82, 2.24) is 5.32 Å². The van der Waals surface area contributed by atoms with Crippen LogP contribution in [0.4, 0.5) is 0 Å². The summed E-state index contributed by atoms with van der Waals surface area (Å²) >= 11 is 0. The molecule has 1 heterocycles. The zero-order valence-electron chi connectivity index (χ0n) is 14.5. The number of rotatable bonds is 7. The SMILES string of the molecule is COc1ccc(CCNC2OC(=O)c3c2ccc(OC)c3OC)cc1. The number of fused-ring (bicyclic) bond motifs is 1. The van der Waals surface area contributed by atoms with E-state index in [1.807, 2.05) is 30.3 Å². The van der Waals surface area contributed by atoms with Gasteiger partial charge in [0.05, 0.1) is 21.3 Å². The molecule has 1 atom stereocenters. The van der Waals surface area contributed by atoms with Crippen molar-refractivity contribution in [2.75, 3.05) is 27.9 Å². The van der Waals surface area contributed by atoms with Crippen molar-refractivity contribution in [2.45, 2.75) is 12.6 Å². The molecule has 25 heavy (non-hydrogen) atoms. The van der Waals surface area contributed by atoms with E-state index in [0.717, 1.165) is 17.7 Å². The first-order valence-electron chi connectivity index (χ1n) is 8.00. The number of carbonyl (C=O) groups excluding carboxylic acids is 1. The van der Waals surface area contributed by atoms with Crippen LogP contribution >= 0.6 is 0 Å². The van der Waals surface area contributed by atoms with Gasteiger partial charge in [-0.15, -0.1) is 0 Å². The van der Waals surface area contributed by atoms with E-state index in [4.69, 9.17) is 18.9 Å². The first kappa shape index (κ1) is 17.1. The van der Waals surface area contributed by atoms with Gasteiger partial charge in [-0.2, -0.15) is 0 Å². The van der Waals surface area contributed by atoms with E-state index in [1.54, 1.807) is 13.2 Å². The number of benzene rings is 2. The topological polar surface area (TPSA) is 66.0 Å². The van der Waals surface area contributed by atoms with Gasteiger partial charge in [0.2, 0.25) is 0 Å². The van der Waals surface area contributed by atoms with Crippen molar-refractivity contribution in [3.63, 3.8) is 0 Å². The maximum Gasteiger partial charge on any atom is 0.344 e. The second-order valence-electron chi connectivity index (χ2n) is 5.60. The maximum atomic E-state index is 12.2. The van der Waals surface area contributed by atoms with Gasteiger partial charge in [0.25, 0.3) is 0 Å². The molecule has 132 valence electrons. The highest BCUT2D eigenvalue weighted by atomic mass is 16.6. The second kappa shape index (κ2) is 7.44. The highest BCUT2D eigenvalue weighted by Crippen LogP contribution is 2.40. The number of hydrogen-bond donors (Lipinski definition) is 1. The second-order valence-corrected chi connectivity index (χ2v) is 5.60. The van der Waals surface area contributed by atoms with Crippen LogP contribution in [0.5, 0.6) is 17.2 Å². The third-order valence-electron chi connectivity index (χ3n) is 4.19. The molecule has 1 aliphatic rings. The Morgan fingerprint density at radius 2 is 1.76 bits per heavy atom. The van der Waals surface area contributed by atoms with Gasteiger partial charge in [-0.3, -0.25) is 5.32 Å². The Morgan fingerprint density at radius 1 is 1.00 bits per heavy atom. The summed E-state index contributed by atoms with van der Waals surface area (Å²) in [5, 5.41) is 3.26. The van der Waals surface area contributed by atoms with E-state index >= 15 is 0 Å². The number of esters is 1. The molecule has 0 saturated heterocycles. The normalized spacial score (nSPS) is 15.5. The van der Waals surface area contributed by atoms with E-state index in [0.29, 0.717) is 23.6 Å². The number of hydrogen-bond acceptors (Lipinski definition) is 6. The lowest BCUT2D eigenvalue weighted by atomic mass is 10.1. The fourth-order valence-corrected chi connectivity index (χ4v) is 2.89. The van der Waals surface area contributed by atoms with E-state index < -0.39 is 12.2 Å². The van der Waals surface area contributed by atoms with Crippen LogP contribution in [0, 0.1) is 0 Å². The van der Waals surface area contributed by atoms with Gasteiger partial charge in [-0.05, 0) is 36.2 Å². The first-order chi connectivity index (χ1) is 12.2. The highest BCUT2D eigenvalue weighted by molar-refractivity contribution is 5.98. The Bertz CT molecular complexity index is 757. The van der Waals surface area contributed by atoms with Crippen molar-refractivity contribution in [3.05, 3.63) is 53.1 Å². The smallest absolute Gasteiger partial charge is 0.344 e. The van der Waals surface area contributed by atoms with Crippen LogP contribution in [-0.2, 0) is 11.2 Å². The molecular weight excluding hydrogens is 322 g/mol. The summed E-state index contributed by atoms with van der Waals surface area (Å²) in [5.74, 6) is 1.34. The molecule has 3 rings (SSSR count). The van der Waals surface area contributed by atoms with Gasteiger partial charge in [0.15, 0.2) is 17.7 Å². The quantitative estimate of drug-likeness (QED) is 0.780. The lowest BCUT2D eigenvalue weighted by Crippen LogP contribution is -2.23. The fourth-order valence-electron chi connectivity index (χ4n) is 2.89. The molecule has 1 unspecified atom stereocenters. The van der Waals surface area contributed by atoms with Gasteiger partial charge in [-0.25, -0.2) is 4.79 Å². The number of nitrogens with one attached hydrogen (secondary N) is 1. The van der Waals surface area contributed by atoms with Gasteiger partial charge in [0.1, 0.15) is 11.3 Å². The summed E-state index contributed by atoms with van der Waals surface area (Å²) in [7, 11) is 4.69. The summed E-state index contributed by atoms with van der Waals surface area (Å²) in [4.78, 5) is 12.2. The zero-order valence-corrected chi connectivity index (χ0v) is 14.5. The Kier molecular flexibility index (Phi) is 5.09. The minimum absolute atomic E-state index is 0.407. The third-order valence-corrected chi connectivity index (χ3v) is 4.19. The molecule has 0 aliphatic carbocycles. The summed E-state index contributed by atoms with van der Waals surface area (Å²) < 4.78 is 21.2. The average Bonchev–Trinajstić information content (AvgIpc) is 2.97. The predicted octanol–water partition coefficient (Wildman–Crippen LogP) is 2.71. The summed E-state index contributed by atoms with van der Waals surface area (Å²) in [6.07, 6.45) is 0.321. The molecule has 2 aromatic rings. The van der Waals surface area contributed by atoms with Crippen LogP contribution < -0.4 is 19.5 Å². The standard InChI is InChI=1S/C19H21NO5/c1-22-13-6-4-12(5-7-13)10-11-20-18-14-8-9-15(23-2)17(24-3)16(14)19(21)25-18/h4-9,18,20H,10-11H2,1-3H3. The van der Waals surface area contributed by atoms with Crippen molar-refractivity contribution in [1.29, 1.82) is 0 Å². The first-order valence-corrected chi connectivity index (χ1v) is 8.00. The van der Waals surface area contributed by atoms with Crippen LogP contribution in [0.25, 0.3) is 0 Å². The average molecular weight is 343 g/mol. The minimum Gasteiger partial charge on any atom is -0.497 e. The van der Waals surface area contributed by atoms with Crippen LogP contribution in [0.3, 0.4) is 0 Å². The molecular formula is C19H21NO5. The lowest BCUT2D eigenvalue weighted by Gasteiger charge is -2.14. The maximum absolute atomic E-state index is 12.2.